The lowest BCUT2D eigenvalue weighted by Gasteiger charge is -2.06. The molecule has 0 N–H and O–H groups in total. The van der Waals surface area contributed by atoms with Gasteiger partial charge in [-0.3, -0.25) is 15.1 Å². The number of methoxy groups -OCH3 is 1. The fraction of sp³-hybridized carbons (Fsp3) is 0.100. The molecule has 2 aromatic heterocycles. The van der Waals surface area contributed by atoms with E-state index in [2.05, 4.69) is 16.2 Å². The maximum absolute atomic E-state index is 10.8. The minimum atomic E-state index is -0.586. The molecule has 8 nitrogen and oxygen atoms in total. The molecule has 0 aliphatic carbocycles. The summed E-state index contributed by atoms with van der Waals surface area (Å²) in [6.07, 6.45) is 1.43. The molecule has 0 aliphatic rings. The molecule has 0 radical (unpaired) electrons. The number of hydrogen-bond donors (Lipinski definition) is 0. The number of thiazole rings is 1. The fourth-order valence-electron chi connectivity index (χ4n) is 2.90. The Morgan fingerprint density at radius 3 is 2.69 bits per heavy atom. The third kappa shape index (κ3) is 3.67. The van der Waals surface area contributed by atoms with E-state index in [1.54, 1.807) is 18.8 Å². The molecule has 0 fully saturated rings. The van der Waals surface area contributed by atoms with Crippen molar-refractivity contribution in [2.75, 3.05) is 14.2 Å². The van der Waals surface area contributed by atoms with Gasteiger partial charge < -0.3 is 9.15 Å². The predicted octanol–water partition coefficient (Wildman–Crippen LogP) is 4.29. The van der Waals surface area contributed by atoms with Gasteiger partial charge in [-0.05, 0) is 35.0 Å². The van der Waals surface area contributed by atoms with Gasteiger partial charge in [-0.2, -0.15) is 5.10 Å². The lowest BCUT2D eigenvalue weighted by molar-refractivity contribution is -0.402. The first-order valence-electron chi connectivity index (χ1n) is 8.59. The largest absolute Gasteiger partial charge is 0.497 e. The molecule has 0 saturated carbocycles. The van der Waals surface area contributed by atoms with E-state index in [0.717, 1.165) is 27.8 Å². The van der Waals surface area contributed by atoms with Gasteiger partial charge in [0.05, 0.1) is 25.1 Å². The molecule has 9 heteroatoms. The number of ether oxygens (including phenoxy) is 1. The quantitative estimate of drug-likeness (QED) is 0.280. The number of fused-ring (bicyclic) bond motifs is 1. The Labute approximate surface area is 169 Å². The minimum absolute atomic E-state index is 0.286. The van der Waals surface area contributed by atoms with Crippen LogP contribution in [0.1, 0.15) is 5.76 Å². The van der Waals surface area contributed by atoms with Gasteiger partial charge in [0.2, 0.25) is 4.80 Å². The Morgan fingerprint density at radius 1 is 1.17 bits per heavy atom. The molecule has 146 valence electrons. The summed E-state index contributed by atoms with van der Waals surface area (Å²) >= 11 is 1.45. The smallest absolute Gasteiger partial charge is 0.433 e. The lowest BCUT2D eigenvalue weighted by Crippen LogP contribution is -2.11. The molecule has 0 atom stereocenters. The maximum atomic E-state index is 10.8. The van der Waals surface area contributed by atoms with Crippen LogP contribution in [0, 0.1) is 10.1 Å². The molecule has 0 unspecified atom stereocenters. The van der Waals surface area contributed by atoms with E-state index in [4.69, 9.17) is 9.15 Å². The molecular formula is C20H16N4O4S. The minimum Gasteiger partial charge on any atom is -0.497 e. The molecule has 0 amide bonds. The second kappa shape index (κ2) is 7.72. The van der Waals surface area contributed by atoms with E-state index >= 15 is 0 Å². The molecule has 29 heavy (non-hydrogen) atoms. The number of benzene rings is 2. The van der Waals surface area contributed by atoms with Crippen LogP contribution >= 0.6 is 11.3 Å². The van der Waals surface area contributed by atoms with Crippen molar-refractivity contribution in [1.82, 2.24) is 4.68 Å². The van der Waals surface area contributed by atoms with Crippen LogP contribution in [0.15, 0.2) is 68.4 Å². The Bertz CT molecular complexity index is 1300. The van der Waals surface area contributed by atoms with Crippen LogP contribution in [-0.2, 0) is 0 Å². The first-order valence-corrected chi connectivity index (χ1v) is 9.47. The van der Waals surface area contributed by atoms with Gasteiger partial charge in [0.1, 0.15) is 10.7 Å². The monoisotopic (exact) mass is 408 g/mol. The second-order valence-electron chi connectivity index (χ2n) is 6.04. The first-order chi connectivity index (χ1) is 14.1. The zero-order valence-corrected chi connectivity index (χ0v) is 16.4. The van der Waals surface area contributed by atoms with Crippen molar-refractivity contribution in [3.63, 3.8) is 0 Å². The summed E-state index contributed by atoms with van der Waals surface area (Å²) in [5.41, 5.74) is 1.82. The first kappa shape index (κ1) is 18.6. The number of aromatic nitrogens is 1. The van der Waals surface area contributed by atoms with Crippen LogP contribution in [0.5, 0.6) is 5.75 Å². The van der Waals surface area contributed by atoms with Gasteiger partial charge in [-0.1, -0.05) is 18.2 Å². The van der Waals surface area contributed by atoms with Crippen molar-refractivity contribution in [2.24, 2.45) is 10.1 Å². The molecule has 4 aromatic rings. The Morgan fingerprint density at radius 2 is 1.97 bits per heavy atom. The highest BCUT2D eigenvalue weighted by molar-refractivity contribution is 7.07. The highest BCUT2D eigenvalue weighted by Crippen LogP contribution is 2.27. The second-order valence-corrected chi connectivity index (χ2v) is 6.88. The zero-order valence-electron chi connectivity index (χ0n) is 15.6. The van der Waals surface area contributed by atoms with Crippen LogP contribution in [0.2, 0.25) is 0 Å². The van der Waals surface area contributed by atoms with Crippen LogP contribution in [0.25, 0.3) is 22.0 Å². The summed E-state index contributed by atoms with van der Waals surface area (Å²) < 4.78 is 12.1. The summed E-state index contributed by atoms with van der Waals surface area (Å²) in [6.45, 7) is 0. The average Bonchev–Trinajstić information content (AvgIpc) is 3.38. The van der Waals surface area contributed by atoms with Gasteiger partial charge in [0, 0.05) is 18.0 Å². The number of hydrogen-bond acceptors (Lipinski definition) is 7. The van der Waals surface area contributed by atoms with E-state index in [1.165, 1.54) is 29.7 Å². The standard InChI is InChI=1S/C20H16N4O4S/c1-21-20-23(22-11-17-7-8-19(28-17)24(25)26)18(12-29-20)15-4-3-14-10-16(27-2)6-5-13(14)9-15/h3-12H,1-2H3. The van der Waals surface area contributed by atoms with Gasteiger partial charge in [0.25, 0.3) is 0 Å². The predicted molar refractivity (Wildman–Crippen MR) is 112 cm³/mol. The molecule has 2 heterocycles. The molecule has 4 rings (SSSR count). The maximum Gasteiger partial charge on any atom is 0.433 e. The van der Waals surface area contributed by atoms with Crippen molar-refractivity contribution >= 4 is 34.2 Å². The van der Waals surface area contributed by atoms with E-state index in [-0.39, 0.29) is 11.6 Å². The zero-order chi connectivity index (χ0) is 20.4. The van der Waals surface area contributed by atoms with Gasteiger partial charge >= 0.3 is 5.88 Å². The van der Waals surface area contributed by atoms with Crippen molar-refractivity contribution in [3.05, 3.63) is 74.6 Å². The van der Waals surface area contributed by atoms with E-state index in [0.29, 0.717) is 4.80 Å². The Hall–Kier alpha value is -3.72. The van der Waals surface area contributed by atoms with Crippen molar-refractivity contribution in [3.8, 4) is 17.0 Å². The van der Waals surface area contributed by atoms with Crippen LogP contribution in [0.4, 0.5) is 5.88 Å². The SMILES string of the molecule is CN=c1scc(-c2ccc3cc(OC)ccc3c2)n1N=Cc1ccc([N+](=O)[O-])o1. The topological polar surface area (TPSA) is 95.2 Å². The average molecular weight is 408 g/mol. The third-order valence-electron chi connectivity index (χ3n) is 4.31. The fourth-order valence-corrected chi connectivity index (χ4v) is 3.70. The van der Waals surface area contributed by atoms with Crippen LogP contribution in [0.3, 0.4) is 0 Å². The highest BCUT2D eigenvalue weighted by Gasteiger charge is 2.12. The Kier molecular flexibility index (Phi) is 4.96. The van der Waals surface area contributed by atoms with Crippen molar-refractivity contribution < 1.29 is 14.1 Å². The number of furan rings is 1. The highest BCUT2D eigenvalue weighted by atomic mass is 32.1. The summed E-state index contributed by atoms with van der Waals surface area (Å²) in [7, 11) is 3.33. The van der Waals surface area contributed by atoms with Gasteiger partial charge in [-0.15, -0.1) is 11.3 Å². The molecule has 0 bridgehead atoms. The van der Waals surface area contributed by atoms with Gasteiger partial charge in [-0.25, -0.2) is 4.68 Å². The summed E-state index contributed by atoms with van der Waals surface area (Å²) in [4.78, 5) is 15.1. The van der Waals surface area contributed by atoms with E-state index in [9.17, 15) is 10.1 Å². The van der Waals surface area contributed by atoms with Crippen LogP contribution < -0.4 is 9.54 Å². The van der Waals surface area contributed by atoms with Crippen molar-refractivity contribution in [2.45, 2.75) is 0 Å². The Balaban J connectivity index is 1.75. The summed E-state index contributed by atoms with van der Waals surface area (Å²) in [5.74, 6) is 0.765. The van der Waals surface area contributed by atoms with Gasteiger partial charge in [0.15, 0.2) is 5.76 Å². The van der Waals surface area contributed by atoms with E-state index in [1.807, 2.05) is 35.7 Å². The molecule has 2 aromatic carbocycles. The summed E-state index contributed by atoms with van der Waals surface area (Å²) in [5, 5.41) is 19.3. The third-order valence-corrected chi connectivity index (χ3v) is 5.22. The van der Waals surface area contributed by atoms with E-state index < -0.39 is 4.92 Å². The number of rotatable bonds is 5. The lowest BCUT2D eigenvalue weighted by atomic mass is 10.1. The van der Waals surface area contributed by atoms with Crippen LogP contribution in [-0.4, -0.2) is 30.0 Å². The normalized spacial score (nSPS) is 12.1. The molecule has 0 saturated heterocycles. The molecular weight excluding hydrogens is 392 g/mol. The van der Waals surface area contributed by atoms with Crippen molar-refractivity contribution in [1.29, 1.82) is 0 Å². The summed E-state index contributed by atoms with van der Waals surface area (Å²) in [6, 6.07) is 14.8. The molecule has 0 aliphatic heterocycles. The number of nitrogens with zero attached hydrogens (tertiary/aromatic N) is 4. The molecule has 0 spiro atoms. The number of nitro groups is 1.